The fourth-order valence-electron chi connectivity index (χ4n) is 1.51. The standard InChI is InChI=1S/C12H11N3O3/c1-18-8-4-2-3-7(5-8)10(16)9-6-14-12(17)15-11(9)13/h2-6H,1H3,(H3,13,14,15,17). The number of nitrogens with two attached hydrogens (primary N) is 1. The molecule has 0 bridgehead atoms. The largest absolute Gasteiger partial charge is 0.497 e. The van der Waals surface area contributed by atoms with Crippen LogP contribution in [0.5, 0.6) is 5.75 Å². The van der Waals surface area contributed by atoms with Crippen molar-refractivity contribution in [3.05, 3.63) is 52.1 Å². The maximum Gasteiger partial charge on any atom is 0.346 e. The highest BCUT2D eigenvalue weighted by Crippen LogP contribution is 2.17. The van der Waals surface area contributed by atoms with Crippen LogP contribution in [0.3, 0.4) is 0 Å². The smallest absolute Gasteiger partial charge is 0.346 e. The number of hydrogen-bond donors (Lipinski definition) is 2. The molecule has 1 heterocycles. The van der Waals surface area contributed by atoms with Crippen molar-refractivity contribution >= 4 is 11.6 Å². The van der Waals surface area contributed by atoms with Crippen LogP contribution >= 0.6 is 0 Å². The fraction of sp³-hybridized carbons (Fsp3) is 0.0833. The molecule has 0 aliphatic rings. The number of nitrogen functional groups attached to an aromatic ring is 1. The molecule has 6 heteroatoms. The quantitative estimate of drug-likeness (QED) is 0.771. The molecule has 0 aliphatic heterocycles. The second kappa shape index (κ2) is 4.70. The third-order valence-electron chi connectivity index (χ3n) is 2.42. The van der Waals surface area contributed by atoms with Crippen LogP contribution in [0.1, 0.15) is 15.9 Å². The first kappa shape index (κ1) is 11.8. The SMILES string of the molecule is COc1cccc(C(=O)c2cnc(=O)[nH]c2N)c1. The van der Waals surface area contributed by atoms with E-state index in [1.54, 1.807) is 24.3 Å². The molecule has 0 fully saturated rings. The number of H-pyrrole nitrogens is 1. The number of benzene rings is 1. The Morgan fingerprint density at radius 2 is 2.22 bits per heavy atom. The zero-order chi connectivity index (χ0) is 13.1. The van der Waals surface area contributed by atoms with Gasteiger partial charge < -0.3 is 10.5 Å². The van der Waals surface area contributed by atoms with Crippen molar-refractivity contribution in [2.75, 3.05) is 12.8 Å². The number of ether oxygens (including phenoxy) is 1. The van der Waals surface area contributed by atoms with E-state index in [0.29, 0.717) is 11.3 Å². The lowest BCUT2D eigenvalue weighted by Gasteiger charge is -2.05. The predicted molar refractivity (Wildman–Crippen MR) is 65.7 cm³/mol. The van der Waals surface area contributed by atoms with Gasteiger partial charge >= 0.3 is 5.69 Å². The molecule has 0 aliphatic carbocycles. The van der Waals surface area contributed by atoms with E-state index in [1.165, 1.54) is 7.11 Å². The van der Waals surface area contributed by atoms with Gasteiger partial charge in [0.2, 0.25) is 0 Å². The molecule has 92 valence electrons. The van der Waals surface area contributed by atoms with Crippen LogP contribution in [0.25, 0.3) is 0 Å². The predicted octanol–water partition coefficient (Wildman–Crippen LogP) is 0.592. The van der Waals surface area contributed by atoms with Gasteiger partial charge in [-0.1, -0.05) is 12.1 Å². The Hall–Kier alpha value is -2.63. The zero-order valence-electron chi connectivity index (χ0n) is 9.64. The number of rotatable bonds is 3. The zero-order valence-corrected chi connectivity index (χ0v) is 9.64. The van der Waals surface area contributed by atoms with Crippen LogP contribution in [0.2, 0.25) is 0 Å². The third-order valence-corrected chi connectivity index (χ3v) is 2.42. The van der Waals surface area contributed by atoms with Crippen molar-refractivity contribution in [1.82, 2.24) is 9.97 Å². The summed E-state index contributed by atoms with van der Waals surface area (Å²) < 4.78 is 5.03. The number of carbonyl (C=O) groups excluding carboxylic acids is 1. The average Bonchev–Trinajstić information content (AvgIpc) is 2.38. The second-order valence-corrected chi connectivity index (χ2v) is 3.58. The van der Waals surface area contributed by atoms with Crippen molar-refractivity contribution in [3.63, 3.8) is 0 Å². The summed E-state index contributed by atoms with van der Waals surface area (Å²) >= 11 is 0. The number of nitrogens with zero attached hydrogens (tertiary/aromatic N) is 1. The van der Waals surface area contributed by atoms with Crippen LogP contribution in [0.15, 0.2) is 35.3 Å². The summed E-state index contributed by atoms with van der Waals surface area (Å²) in [5.41, 5.74) is 5.56. The summed E-state index contributed by atoms with van der Waals surface area (Å²) in [6, 6.07) is 6.65. The second-order valence-electron chi connectivity index (χ2n) is 3.58. The summed E-state index contributed by atoms with van der Waals surface area (Å²) in [5.74, 6) is 0.245. The first-order valence-corrected chi connectivity index (χ1v) is 5.15. The van der Waals surface area contributed by atoms with Gasteiger partial charge in [-0.25, -0.2) is 9.78 Å². The molecule has 1 aromatic heterocycles. The maximum absolute atomic E-state index is 12.1. The van der Waals surface area contributed by atoms with Gasteiger partial charge in [-0.05, 0) is 12.1 Å². The van der Waals surface area contributed by atoms with E-state index < -0.39 is 5.69 Å². The molecule has 0 spiro atoms. The minimum absolute atomic E-state index is 0.00261. The molecule has 18 heavy (non-hydrogen) atoms. The minimum Gasteiger partial charge on any atom is -0.497 e. The lowest BCUT2D eigenvalue weighted by atomic mass is 10.1. The number of nitrogens with one attached hydrogen (secondary N) is 1. The van der Waals surface area contributed by atoms with Crippen LogP contribution < -0.4 is 16.2 Å². The van der Waals surface area contributed by atoms with Gasteiger partial charge in [0.15, 0.2) is 5.78 Å². The molecule has 2 aromatic rings. The normalized spacial score (nSPS) is 10.1. The highest BCUT2D eigenvalue weighted by atomic mass is 16.5. The minimum atomic E-state index is -0.588. The summed E-state index contributed by atoms with van der Waals surface area (Å²) in [7, 11) is 1.51. The first-order valence-electron chi connectivity index (χ1n) is 5.15. The van der Waals surface area contributed by atoms with E-state index in [1.807, 2.05) is 0 Å². The molecule has 0 saturated carbocycles. The molecule has 6 nitrogen and oxygen atoms in total. The molecular weight excluding hydrogens is 234 g/mol. The maximum atomic E-state index is 12.1. The highest BCUT2D eigenvalue weighted by molar-refractivity contribution is 6.11. The molecule has 0 radical (unpaired) electrons. The number of carbonyl (C=O) groups is 1. The van der Waals surface area contributed by atoms with Crippen LogP contribution in [-0.4, -0.2) is 22.9 Å². The molecule has 2 rings (SSSR count). The molecular formula is C12H11N3O3. The average molecular weight is 245 g/mol. The van der Waals surface area contributed by atoms with Crippen molar-refractivity contribution in [3.8, 4) is 5.75 Å². The molecule has 0 amide bonds. The van der Waals surface area contributed by atoms with Gasteiger partial charge in [-0.3, -0.25) is 9.78 Å². The Balaban J connectivity index is 2.44. The number of aromatic amines is 1. The van der Waals surface area contributed by atoms with Gasteiger partial charge in [0.05, 0.1) is 12.7 Å². The van der Waals surface area contributed by atoms with E-state index in [2.05, 4.69) is 9.97 Å². The molecule has 0 saturated heterocycles. The van der Waals surface area contributed by atoms with Crippen molar-refractivity contribution in [2.24, 2.45) is 0 Å². The lowest BCUT2D eigenvalue weighted by molar-refractivity contribution is 0.103. The Labute approximate surface area is 102 Å². The number of aromatic nitrogens is 2. The third kappa shape index (κ3) is 2.22. The first-order chi connectivity index (χ1) is 8.61. The Morgan fingerprint density at radius 1 is 1.44 bits per heavy atom. The fourth-order valence-corrected chi connectivity index (χ4v) is 1.51. The number of hydrogen-bond acceptors (Lipinski definition) is 5. The van der Waals surface area contributed by atoms with Crippen LogP contribution in [0.4, 0.5) is 5.82 Å². The van der Waals surface area contributed by atoms with Crippen molar-refractivity contribution in [1.29, 1.82) is 0 Å². The van der Waals surface area contributed by atoms with E-state index in [0.717, 1.165) is 6.20 Å². The van der Waals surface area contributed by atoms with E-state index in [9.17, 15) is 9.59 Å². The Morgan fingerprint density at radius 3 is 2.89 bits per heavy atom. The number of anilines is 1. The Kier molecular flexibility index (Phi) is 3.09. The topological polar surface area (TPSA) is 98.1 Å². The van der Waals surface area contributed by atoms with Gasteiger partial charge in [-0.15, -0.1) is 0 Å². The molecule has 1 aromatic carbocycles. The van der Waals surface area contributed by atoms with Gasteiger partial charge in [0.25, 0.3) is 0 Å². The summed E-state index contributed by atoms with van der Waals surface area (Å²) in [4.78, 5) is 28.8. The van der Waals surface area contributed by atoms with Crippen LogP contribution in [0, 0.1) is 0 Å². The van der Waals surface area contributed by atoms with E-state index >= 15 is 0 Å². The number of methoxy groups -OCH3 is 1. The molecule has 0 atom stereocenters. The summed E-state index contributed by atoms with van der Waals surface area (Å²) in [5, 5.41) is 0. The van der Waals surface area contributed by atoms with E-state index in [4.69, 9.17) is 10.5 Å². The monoisotopic (exact) mass is 245 g/mol. The molecule has 3 N–H and O–H groups in total. The Bertz CT molecular complexity index is 649. The lowest BCUT2D eigenvalue weighted by Crippen LogP contribution is -2.17. The molecule has 0 unspecified atom stereocenters. The van der Waals surface area contributed by atoms with Crippen molar-refractivity contribution in [2.45, 2.75) is 0 Å². The van der Waals surface area contributed by atoms with Gasteiger partial charge in [0, 0.05) is 11.8 Å². The van der Waals surface area contributed by atoms with E-state index in [-0.39, 0.29) is 17.2 Å². The van der Waals surface area contributed by atoms with Gasteiger partial charge in [0.1, 0.15) is 11.6 Å². The van der Waals surface area contributed by atoms with Gasteiger partial charge in [-0.2, -0.15) is 0 Å². The van der Waals surface area contributed by atoms with Crippen LogP contribution in [-0.2, 0) is 0 Å². The summed E-state index contributed by atoms with van der Waals surface area (Å²) in [6.45, 7) is 0. The van der Waals surface area contributed by atoms with Crippen molar-refractivity contribution < 1.29 is 9.53 Å². The summed E-state index contributed by atoms with van der Waals surface area (Å²) in [6.07, 6.45) is 1.16. The highest BCUT2D eigenvalue weighted by Gasteiger charge is 2.14. The number of ketones is 1.